The van der Waals surface area contributed by atoms with Crippen LogP contribution in [0.1, 0.15) is 48.7 Å². The molecule has 1 aromatic heterocycles. The minimum atomic E-state index is -1.00. The van der Waals surface area contributed by atoms with Crippen molar-refractivity contribution in [3.63, 3.8) is 0 Å². The molecule has 2 rings (SSSR count). The summed E-state index contributed by atoms with van der Waals surface area (Å²) in [5.41, 5.74) is 0.695. The SMILES string of the molecule is CC(NC(=O)NCc1cc(C(=O)O)ccn1)C1CCCC1. The van der Waals surface area contributed by atoms with Crippen LogP contribution in [0.3, 0.4) is 0 Å². The topological polar surface area (TPSA) is 91.3 Å². The molecule has 2 amide bonds. The number of rotatable bonds is 5. The molecule has 0 aliphatic heterocycles. The fourth-order valence-corrected chi connectivity index (χ4v) is 2.71. The molecular formula is C15H21N3O3. The third-order valence-electron chi connectivity index (χ3n) is 3.96. The summed E-state index contributed by atoms with van der Waals surface area (Å²) in [6, 6.07) is 2.81. The average Bonchev–Trinajstić information content (AvgIpc) is 2.99. The van der Waals surface area contributed by atoms with Gasteiger partial charge in [-0.15, -0.1) is 0 Å². The zero-order valence-electron chi connectivity index (χ0n) is 12.1. The first-order valence-corrected chi connectivity index (χ1v) is 7.29. The Labute approximate surface area is 124 Å². The van der Waals surface area contributed by atoms with Gasteiger partial charge in [-0.1, -0.05) is 12.8 Å². The van der Waals surface area contributed by atoms with E-state index >= 15 is 0 Å². The molecule has 0 radical (unpaired) electrons. The summed E-state index contributed by atoms with van der Waals surface area (Å²) in [5, 5.41) is 14.5. The van der Waals surface area contributed by atoms with Crippen LogP contribution in [0.4, 0.5) is 4.79 Å². The Balaban J connectivity index is 1.80. The molecule has 1 saturated carbocycles. The predicted molar refractivity (Wildman–Crippen MR) is 78.0 cm³/mol. The molecule has 1 unspecified atom stereocenters. The Morgan fingerprint density at radius 1 is 1.43 bits per heavy atom. The van der Waals surface area contributed by atoms with Gasteiger partial charge in [0.1, 0.15) is 0 Å². The zero-order chi connectivity index (χ0) is 15.2. The van der Waals surface area contributed by atoms with Crippen LogP contribution in [-0.4, -0.2) is 28.1 Å². The van der Waals surface area contributed by atoms with E-state index in [9.17, 15) is 9.59 Å². The second kappa shape index (κ2) is 7.06. The van der Waals surface area contributed by atoms with Gasteiger partial charge in [-0.25, -0.2) is 9.59 Å². The molecule has 0 bridgehead atoms. The van der Waals surface area contributed by atoms with E-state index < -0.39 is 5.97 Å². The number of hydrogen-bond donors (Lipinski definition) is 3. The summed E-state index contributed by atoms with van der Waals surface area (Å²) in [5.74, 6) is -0.442. The van der Waals surface area contributed by atoms with E-state index in [4.69, 9.17) is 5.11 Å². The predicted octanol–water partition coefficient (Wildman–Crippen LogP) is 2.16. The highest BCUT2D eigenvalue weighted by atomic mass is 16.4. The minimum Gasteiger partial charge on any atom is -0.478 e. The molecule has 114 valence electrons. The van der Waals surface area contributed by atoms with Crippen molar-refractivity contribution >= 4 is 12.0 Å². The number of aromatic nitrogens is 1. The lowest BCUT2D eigenvalue weighted by atomic mass is 10.0. The van der Waals surface area contributed by atoms with E-state index in [1.165, 1.54) is 44.0 Å². The lowest BCUT2D eigenvalue weighted by molar-refractivity contribution is 0.0696. The number of urea groups is 1. The van der Waals surface area contributed by atoms with E-state index in [0.29, 0.717) is 11.6 Å². The van der Waals surface area contributed by atoms with Crippen molar-refractivity contribution in [3.05, 3.63) is 29.6 Å². The number of amides is 2. The Morgan fingerprint density at radius 3 is 2.81 bits per heavy atom. The van der Waals surface area contributed by atoms with Crippen LogP contribution in [0.15, 0.2) is 18.3 Å². The average molecular weight is 291 g/mol. The van der Waals surface area contributed by atoms with Crippen molar-refractivity contribution < 1.29 is 14.7 Å². The molecular weight excluding hydrogens is 270 g/mol. The monoisotopic (exact) mass is 291 g/mol. The van der Waals surface area contributed by atoms with Crippen molar-refractivity contribution in [1.29, 1.82) is 0 Å². The van der Waals surface area contributed by atoms with Gasteiger partial charge >= 0.3 is 12.0 Å². The summed E-state index contributed by atoms with van der Waals surface area (Å²) in [4.78, 5) is 26.7. The number of nitrogens with zero attached hydrogens (tertiary/aromatic N) is 1. The first-order chi connectivity index (χ1) is 10.1. The molecule has 1 aliphatic carbocycles. The fraction of sp³-hybridized carbons (Fsp3) is 0.533. The van der Waals surface area contributed by atoms with Crippen LogP contribution in [0, 0.1) is 5.92 Å². The second-order valence-corrected chi connectivity index (χ2v) is 5.50. The standard InChI is InChI=1S/C15H21N3O3/c1-10(11-4-2-3-5-11)18-15(21)17-9-13-8-12(14(19)20)6-7-16-13/h6-8,10-11H,2-5,9H2,1H3,(H,19,20)(H2,17,18,21). The van der Waals surface area contributed by atoms with Gasteiger partial charge in [-0.2, -0.15) is 0 Å². The van der Waals surface area contributed by atoms with Crippen molar-refractivity contribution in [2.45, 2.75) is 45.2 Å². The van der Waals surface area contributed by atoms with Crippen LogP contribution in [0.5, 0.6) is 0 Å². The lowest BCUT2D eigenvalue weighted by Gasteiger charge is -2.20. The maximum Gasteiger partial charge on any atom is 0.335 e. The van der Waals surface area contributed by atoms with Gasteiger partial charge < -0.3 is 15.7 Å². The third kappa shape index (κ3) is 4.44. The lowest BCUT2D eigenvalue weighted by Crippen LogP contribution is -2.43. The minimum absolute atomic E-state index is 0.158. The Morgan fingerprint density at radius 2 is 2.14 bits per heavy atom. The van der Waals surface area contributed by atoms with E-state index in [2.05, 4.69) is 15.6 Å². The molecule has 3 N–H and O–H groups in total. The van der Waals surface area contributed by atoms with Gasteiger partial charge in [0.05, 0.1) is 17.8 Å². The third-order valence-corrected chi connectivity index (χ3v) is 3.96. The van der Waals surface area contributed by atoms with Gasteiger partial charge in [0.2, 0.25) is 0 Å². The van der Waals surface area contributed by atoms with E-state index in [1.807, 2.05) is 6.92 Å². The van der Waals surface area contributed by atoms with E-state index in [-0.39, 0.29) is 24.2 Å². The van der Waals surface area contributed by atoms with Crippen molar-refractivity contribution in [2.24, 2.45) is 5.92 Å². The molecule has 1 aromatic rings. The number of carbonyl (C=O) groups is 2. The summed E-state index contributed by atoms with van der Waals surface area (Å²) in [7, 11) is 0. The summed E-state index contributed by atoms with van der Waals surface area (Å²) >= 11 is 0. The van der Waals surface area contributed by atoms with Gasteiger partial charge in [-0.3, -0.25) is 4.98 Å². The van der Waals surface area contributed by atoms with Crippen LogP contribution in [-0.2, 0) is 6.54 Å². The zero-order valence-corrected chi connectivity index (χ0v) is 12.1. The summed E-state index contributed by atoms with van der Waals surface area (Å²) in [6.45, 7) is 2.24. The van der Waals surface area contributed by atoms with Gasteiger partial charge in [0.15, 0.2) is 0 Å². The second-order valence-electron chi connectivity index (χ2n) is 5.50. The fourth-order valence-electron chi connectivity index (χ4n) is 2.71. The number of pyridine rings is 1. The molecule has 1 atom stereocenters. The van der Waals surface area contributed by atoms with Gasteiger partial charge in [-0.05, 0) is 37.8 Å². The number of nitrogens with one attached hydrogen (secondary N) is 2. The number of carboxylic acid groups (broad SMARTS) is 1. The molecule has 1 fully saturated rings. The summed E-state index contributed by atoms with van der Waals surface area (Å²) < 4.78 is 0. The first kappa shape index (κ1) is 15.3. The van der Waals surface area contributed by atoms with Gasteiger partial charge in [0.25, 0.3) is 0 Å². The molecule has 21 heavy (non-hydrogen) atoms. The van der Waals surface area contributed by atoms with Crippen LogP contribution in [0.25, 0.3) is 0 Å². The van der Waals surface area contributed by atoms with Crippen LogP contribution < -0.4 is 10.6 Å². The maximum atomic E-state index is 11.8. The number of carboxylic acids is 1. The van der Waals surface area contributed by atoms with E-state index in [0.717, 1.165) is 0 Å². The van der Waals surface area contributed by atoms with Crippen molar-refractivity contribution in [1.82, 2.24) is 15.6 Å². The number of aromatic carboxylic acids is 1. The Bertz CT molecular complexity index is 513. The number of hydrogen-bond acceptors (Lipinski definition) is 3. The normalized spacial score (nSPS) is 16.4. The quantitative estimate of drug-likeness (QED) is 0.775. The highest BCUT2D eigenvalue weighted by Gasteiger charge is 2.22. The smallest absolute Gasteiger partial charge is 0.335 e. The molecule has 0 aromatic carbocycles. The molecule has 6 heteroatoms. The largest absolute Gasteiger partial charge is 0.478 e. The molecule has 1 heterocycles. The van der Waals surface area contributed by atoms with Crippen molar-refractivity contribution in [2.75, 3.05) is 0 Å². The van der Waals surface area contributed by atoms with Crippen LogP contribution >= 0.6 is 0 Å². The van der Waals surface area contributed by atoms with Crippen LogP contribution in [0.2, 0.25) is 0 Å². The summed E-state index contributed by atoms with van der Waals surface area (Å²) in [6.07, 6.45) is 6.25. The van der Waals surface area contributed by atoms with Gasteiger partial charge in [0, 0.05) is 12.2 Å². The number of carbonyl (C=O) groups excluding carboxylic acids is 1. The Hall–Kier alpha value is -2.11. The van der Waals surface area contributed by atoms with E-state index in [1.54, 1.807) is 0 Å². The highest BCUT2D eigenvalue weighted by Crippen LogP contribution is 2.27. The molecule has 6 nitrogen and oxygen atoms in total. The molecule has 0 saturated heterocycles. The molecule has 1 aliphatic rings. The first-order valence-electron chi connectivity index (χ1n) is 7.29. The molecule has 0 spiro atoms. The van der Waals surface area contributed by atoms with Crippen molar-refractivity contribution in [3.8, 4) is 0 Å². The Kier molecular flexibility index (Phi) is 5.14. The highest BCUT2D eigenvalue weighted by molar-refractivity contribution is 5.87. The maximum absolute atomic E-state index is 11.8.